The summed E-state index contributed by atoms with van der Waals surface area (Å²) in [7, 11) is 0. The smallest absolute Gasteiger partial charge is 0.225 e. The fraction of sp³-hybridized carbons (Fsp3) is 0.562. The normalized spacial score (nSPS) is 13.8. The van der Waals surface area contributed by atoms with Gasteiger partial charge in [-0.05, 0) is 31.9 Å². The molecule has 0 heterocycles. The molecule has 1 rings (SSSR count). The summed E-state index contributed by atoms with van der Waals surface area (Å²) in [5, 5.41) is 15.7. The molecule has 1 amide bonds. The number of nitrogens with one attached hydrogen (secondary N) is 2. The molecule has 4 nitrogen and oxygen atoms in total. The molecular weight excluding hydrogens is 252 g/mol. The van der Waals surface area contributed by atoms with Crippen molar-refractivity contribution in [2.45, 2.75) is 52.2 Å². The number of carbonyl (C=O) groups excluding carboxylic acids is 1. The first-order valence-corrected chi connectivity index (χ1v) is 7.29. The quantitative estimate of drug-likeness (QED) is 0.684. The minimum Gasteiger partial charge on any atom is -0.392 e. The number of benzene rings is 1. The Morgan fingerprint density at radius 3 is 2.70 bits per heavy atom. The lowest BCUT2D eigenvalue weighted by atomic mass is 10.1. The van der Waals surface area contributed by atoms with E-state index in [1.54, 1.807) is 0 Å². The highest BCUT2D eigenvalue weighted by Crippen LogP contribution is 2.13. The monoisotopic (exact) mass is 278 g/mol. The molecule has 0 spiro atoms. The van der Waals surface area contributed by atoms with Crippen molar-refractivity contribution in [3.63, 3.8) is 0 Å². The predicted molar refractivity (Wildman–Crippen MR) is 82.8 cm³/mol. The van der Waals surface area contributed by atoms with Crippen LogP contribution < -0.4 is 10.6 Å². The molecule has 0 saturated carbocycles. The number of aliphatic hydroxyl groups excluding tert-OH is 1. The van der Waals surface area contributed by atoms with Crippen molar-refractivity contribution in [1.29, 1.82) is 0 Å². The van der Waals surface area contributed by atoms with Gasteiger partial charge in [-0.1, -0.05) is 31.5 Å². The zero-order chi connectivity index (χ0) is 15.0. The number of hydrogen-bond donors (Lipinski definition) is 3. The van der Waals surface area contributed by atoms with Crippen molar-refractivity contribution in [3.8, 4) is 0 Å². The maximum absolute atomic E-state index is 11.9. The lowest BCUT2D eigenvalue weighted by Gasteiger charge is -2.17. The van der Waals surface area contributed by atoms with E-state index in [9.17, 15) is 9.90 Å². The van der Waals surface area contributed by atoms with Gasteiger partial charge in [0.1, 0.15) is 0 Å². The molecular formula is C16H26N2O2. The van der Waals surface area contributed by atoms with Gasteiger partial charge < -0.3 is 15.7 Å². The number of anilines is 1. The van der Waals surface area contributed by atoms with Crippen molar-refractivity contribution in [2.24, 2.45) is 0 Å². The van der Waals surface area contributed by atoms with Crippen LogP contribution >= 0.6 is 0 Å². The lowest BCUT2D eigenvalue weighted by molar-refractivity contribution is -0.116. The summed E-state index contributed by atoms with van der Waals surface area (Å²) in [6.45, 7) is 6.50. The second-order valence-electron chi connectivity index (χ2n) is 5.32. The Hall–Kier alpha value is -1.39. The Kier molecular flexibility index (Phi) is 7.26. The van der Waals surface area contributed by atoms with Gasteiger partial charge in [0.05, 0.1) is 6.10 Å². The Morgan fingerprint density at radius 2 is 2.05 bits per heavy atom. The van der Waals surface area contributed by atoms with Crippen molar-refractivity contribution in [1.82, 2.24) is 5.32 Å². The average Bonchev–Trinajstić information content (AvgIpc) is 2.39. The molecule has 3 N–H and O–H groups in total. The highest BCUT2D eigenvalue weighted by atomic mass is 16.3. The van der Waals surface area contributed by atoms with E-state index in [0.29, 0.717) is 13.0 Å². The topological polar surface area (TPSA) is 61.4 Å². The van der Waals surface area contributed by atoms with Gasteiger partial charge in [0.2, 0.25) is 5.91 Å². The molecule has 0 radical (unpaired) electrons. The van der Waals surface area contributed by atoms with Gasteiger partial charge in [-0.25, -0.2) is 0 Å². The number of carbonyl (C=O) groups is 1. The van der Waals surface area contributed by atoms with Gasteiger partial charge in [0.25, 0.3) is 0 Å². The average molecular weight is 278 g/mol. The van der Waals surface area contributed by atoms with E-state index in [2.05, 4.69) is 10.6 Å². The SMILES string of the molecule is CCCC(O)CNC(C)CC(=O)Nc1ccccc1C. The van der Waals surface area contributed by atoms with Crippen LogP contribution in [-0.4, -0.2) is 29.7 Å². The number of para-hydroxylation sites is 1. The third-order valence-electron chi connectivity index (χ3n) is 3.23. The number of aliphatic hydroxyl groups is 1. The van der Waals surface area contributed by atoms with E-state index in [4.69, 9.17) is 0 Å². The van der Waals surface area contributed by atoms with Crippen molar-refractivity contribution in [3.05, 3.63) is 29.8 Å². The van der Waals surface area contributed by atoms with Gasteiger partial charge in [0, 0.05) is 24.7 Å². The zero-order valence-corrected chi connectivity index (χ0v) is 12.6. The lowest BCUT2D eigenvalue weighted by Crippen LogP contribution is -2.36. The molecule has 0 bridgehead atoms. The van der Waals surface area contributed by atoms with Crippen LogP contribution in [0.2, 0.25) is 0 Å². The second-order valence-corrected chi connectivity index (χ2v) is 5.32. The Morgan fingerprint density at radius 1 is 1.35 bits per heavy atom. The maximum atomic E-state index is 11.9. The number of amides is 1. The van der Waals surface area contributed by atoms with Crippen molar-refractivity contribution in [2.75, 3.05) is 11.9 Å². The van der Waals surface area contributed by atoms with Crippen LogP contribution in [0.4, 0.5) is 5.69 Å². The van der Waals surface area contributed by atoms with Gasteiger partial charge in [-0.15, -0.1) is 0 Å². The molecule has 1 aromatic rings. The first kappa shape index (κ1) is 16.7. The summed E-state index contributed by atoms with van der Waals surface area (Å²) in [4.78, 5) is 11.9. The van der Waals surface area contributed by atoms with Crippen LogP contribution in [0.25, 0.3) is 0 Å². The number of rotatable bonds is 8. The van der Waals surface area contributed by atoms with Crippen LogP contribution in [0, 0.1) is 6.92 Å². The van der Waals surface area contributed by atoms with E-state index >= 15 is 0 Å². The standard InChI is InChI=1S/C16H26N2O2/c1-4-7-14(19)11-17-13(3)10-16(20)18-15-9-6-5-8-12(15)2/h5-6,8-9,13-14,17,19H,4,7,10-11H2,1-3H3,(H,18,20). The largest absolute Gasteiger partial charge is 0.392 e. The van der Waals surface area contributed by atoms with Crippen molar-refractivity contribution < 1.29 is 9.90 Å². The highest BCUT2D eigenvalue weighted by molar-refractivity contribution is 5.91. The van der Waals surface area contributed by atoms with Gasteiger partial charge in [-0.3, -0.25) is 4.79 Å². The predicted octanol–water partition coefficient (Wildman–Crippen LogP) is 2.46. The fourth-order valence-electron chi connectivity index (χ4n) is 2.04. The first-order valence-electron chi connectivity index (χ1n) is 7.29. The molecule has 0 aromatic heterocycles. The van der Waals surface area contributed by atoms with Crippen LogP contribution in [0.1, 0.15) is 38.7 Å². The Balaban J connectivity index is 2.33. The summed E-state index contributed by atoms with van der Waals surface area (Å²) in [5.74, 6) is -0.00992. The van der Waals surface area contributed by atoms with E-state index < -0.39 is 0 Å². The summed E-state index contributed by atoms with van der Waals surface area (Å²) < 4.78 is 0. The van der Waals surface area contributed by atoms with Gasteiger partial charge in [0.15, 0.2) is 0 Å². The minimum atomic E-state index is -0.332. The molecule has 4 heteroatoms. The molecule has 1 aromatic carbocycles. The second kappa shape index (κ2) is 8.72. The first-order chi connectivity index (χ1) is 9.52. The summed E-state index contributed by atoms with van der Waals surface area (Å²) in [5.41, 5.74) is 1.91. The van der Waals surface area contributed by atoms with Gasteiger partial charge in [-0.2, -0.15) is 0 Å². The molecule has 0 fully saturated rings. The third kappa shape index (κ3) is 6.17. The van der Waals surface area contributed by atoms with Crippen molar-refractivity contribution >= 4 is 11.6 Å². The summed E-state index contributed by atoms with van der Waals surface area (Å²) >= 11 is 0. The number of aryl methyl sites for hydroxylation is 1. The Labute approximate surface area is 121 Å². The molecule has 112 valence electrons. The highest BCUT2D eigenvalue weighted by Gasteiger charge is 2.11. The Bertz CT molecular complexity index is 421. The third-order valence-corrected chi connectivity index (χ3v) is 3.23. The van der Waals surface area contributed by atoms with E-state index in [-0.39, 0.29) is 18.1 Å². The van der Waals surface area contributed by atoms with E-state index in [1.807, 2.05) is 45.0 Å². The summed E-state index contributed by atoms with van der Waals surface area (Å²) in [6, 6.07) is 7.77. The number of hydrogen-bond acceptors (Lipinski definition) is 3. The molecule has 2 atom stereocenters. The van der Waals surface area contributed by atoms with Crippen LogP contribution in [-0.2, 0) is 4.79 Å². The molecule has 2 unspecified atom stereocenters. The summed E-state index contributed by atoms with van der Waals surface area (Å²) in [6.07, 6.45) is 1.81. The van der Waals surface area contributed by atoms with E-state index in [0.717, 1.165) is 24.1 Å². The zero-order valence-electron chi connectivity index (χ0n) is 12.6. The van der Waals surface area contributed by atoms with Crippen LogP contribution in [0.5, 0.6) is 0 Å². The molecule has 20 heavy (non-hydrogen) atoms. The van der Waals surface area contributed by atoms with E-state index in [1.165, 1.54) is 0 Å². The molecule has 0 saturated heterocycles. The maximum Gasteiger partial charge on any atom is 0.225 e. The molecule has 0 aliphatic rings. The van der Waals surface area contributed by atoms with Crippen LogP contribution in [0.3, 0.4) is 0 Å². The van der Waals surface area contributed by atoms with Gasteiger partial charge >= 0.3 is 0 Å². The van der Waals surface area contributed by atoms with Crippen LogP contribution in [0.15, 0.2) is 24.3 Å². The fourth-order valence-corrected chi connectivity index (χ4v) is 2.04. The minimum absolute atomic E-state index is 0.00992. The molecule has 0 aliphatic carbocycles. The molecule has 0 aliphatic heterocycles.